The third-order valence-electron chi connectivity index (χ3n) is 6.14. The van der Waals surface area contributed by atoms with E-state index in [1.807, 2.05) is 26.0 Å². The molecule has 3 atom stereocenters. The third kappa shape index (κ3) is 3.11. The number of piperidine rings is 1. The molecule has 133 valence electrons. The minimum Gasteiger partial charge on any atom is -0.427 e. The van der Waals surface area contributed by atoms with Gasteiger partial charge in [0, 0.05) is 6.04 Å². The topological polar surface area (TPSA) is 70.2 Å². The normalized spacial score (nSPS) is 26.5. The Morgan fingerprint density at radius 3 is 2.68 bits per heavy atom. The summed E-state index contributed by atoms with van der Waals surface area (Å²) in [4.78, 5) is 8.28. The van der Waals surface area contributed by atoms with Gasteiger partial charge in [0.1, 0.15) is 5.82 Å². The molecule has 2 heterocycles. The molecule has 1 saturated heterocycles. The predicted molar refractivity (Wildman–Crippen MR) is 99.9 cm³/mol. The van der Waals surface area contributed by atoms with E-state index in [-0.39, 0.29) is 0 Å². The van der Waals surface area contributed by atoms with Gasteiger partial charge in [0.15, 0.2) is 0 Å². The molecule has 0 spiro atoms. The van der Waals surface area contributed by atoms with E-state index in [1.54, 1.807) is 21.3 Å². The second-order valence-electron chi connectivity index (χ2n) is 8.62. The zero-order valence-corrected chi connectivity index (χ0v) is 15.5. The third-order valence-corrected chi connectivity index (χ3v) is 6.14. The van der Waals surface area contributed by atoms with Crippen LogP contribution in [-0.2, 0) is 4.65 Å². The maximum Gasteiger partial charge on any atom is 0.330 e. The lowest BCUT2D eigenvalue weighted by Crippen LogP contribution is -2.49. The molecule has 0 unspecified atom stereocenters. The van der Waals surface area contributed by atoms with Crippen LogP contribution in [0.1, 0.15) is 58.8 Å². The van der Waals surface area contributed by atoms with Crippen molar-refractivity contribution in [1.29, 1.82) is 0 Å². The number of benzene rings is 1. The number of H-pyrrole nitrogens is 1. The van der Waals surface area contributed by atoms with Gasteiger partial charge in [-0.05, 0) is 65.0 Å². The maximum absolute atomic E-state index is 10.2. The summed E-state index contributed by atoms with van der Waals surface area (Å²) in [5.41, 5.74) is 1.37. The highest BCUT2D eigenvalue weighted by Gasteiger charge is 2.41. The molecule has 4 rings (SSSR count). The van der Waals surface area contributed by atoms with Crippen molar-refractivity contribution >= 4 is 24.0 Å². The lowest BCUT2D eigenvalue weighted by Gasteiger charge is -2.37. The van der Waals surface area contributed by atoms with Gasteiger partial charge in [0.2, 0.25) is 0 Å². The van der Waals surface area contributed by atoms with Crippen LogP contribution < -0.4 is 10.8 Å². The monoisotopic (exact) mass is 340 g/mol. The average molecular weight is 340 g/mol. The lowest BCUT2D eigenvalue weighted by molar-refractivity contribution is -0.0893. The minimum atomic E-state index is -0.928. The Kier molecular flexibility index (Phi) is 3.98. The number of aliphatic hydroxyl groups is 1. The van der Waals surface area contributed by atoms with E-state index in [9.17, 15) is 5.11 Å². The highest BCUT2D eigenvalue weighted by atomic mass is 16.5. The Morgan fingerprint density at radius 1 is 1.24 bits per heavy atom. The first-order valence-corrected chi connectivity index (χ1v) is 9.22. The van der Waals surface area contributed by atoms with Gasteiger partial charge in [-0.2, -0.15) is 0 Å². The number of imidazole rings is 1. The zero-order chi connectivity index (χ0) is 17.8. The molecule has 2 bridgehead atoms. The van der Waals surface area contributed by atoms with E-state index >= 15 is 0 Å². The Morgan fingerprint density at radius 2 is 2.04 bits per heavy atom. The van der Waals surface area contributed by atoms with Crippen molar-refractivity contribution in [2.75, 3.05) is 0 Å². The number of hydrogen-bond acceptors (Lipinski definition) is 4. The molecule has 1 radical (unpaired) electrons. The fraction of sp³-hybridized carbons (Fsp3) is 0.632. The van der Waals surface area contributed by atoms with Crippen LogP contribution in [0, 0.1) is 5.92 Å². The first-order chi connectivity index (χ1) is 11.7. The van der Waals surface area contributed by atoms with Crippen molar-refractivity contribution < 1.29 is 9.76 Å². The first kappa shape index (κ1) is 17.1. The molecule has 6 heteroatoms. The molecule has 0 amide bonds. The largest absolute Gasteiger partial charge is 0.427 e. The number of hydrogen-bond donors (Lipinski definition) is 3. The summed E-state index contributed by atoms with van der Waals surface area (Å²) >= 11 is 0. The van der Waals surface area contributed by atoms with E-state index in [0.717, 1.165) is 22.3 Å². The molecular formula is C19H27BN3O2. The number of nitrogens with one attached hydrogen (secondary N) is 2. The van der Waals surface area contributed by atoms with E-state index in [4.69, 9.17) is 9.64 Å². The molecule has 1 aliphatic carbocycles. The quantitative estimate of drug-likeness (QED) is 0.730. The van der Waals surface area contributed by atoms with Crippen LogP contribution in [0.2, 0.25) is 0 Å². The van der Waals surface area contributed by atoms with Gasteiger partial charge in [-0.25, -0.2) is 4.98 Å². The van der Waals surface area contributed by atoms with Gasteiger partial charge < -0.3 is 20.1 Å². The molecule has 2 aromatic rings. The summed E-state index contributed by atoms with van der Waals surface area (Å²) in [6.45, 7) is 7.29. The Balaban J connectivity index is 1.51. The Labute approximate surface area is 149 Å². The van der Waals surface area contributed by atoms with Gasteiger partial charge in [0.05, 0.1) is 28.3 Å². The van der Waals surface area contributed by atoms with Crippen LogP contribution in [0.4, 0.5) is 0 Å². The van der Waals surface area contributed by atoms with E-state index in [1.165, 1.54) is 19.3 Å². The van der Waals surface area contributed by atoms with Crippen molar-refractivity contribution in [1.82, 2.24) is 15.3 Å². The standard InChI is InChI=1S/C19H27BN3O2/c1-18(2,24)19(3,4)25-20-12-6-8-14-15(10-12)23-17(22-14)16-11-5-7-13(9-11)21-16/h6,8,10-11,13,16,21,24H,5,7,9H2,1-4H3,(H,22,23)/t11-,13+,16-/m0/s1. The van der Waals surface area contributed by atoms with Crippen LogP contribution in [0.3, 0.4) is 0 Å². The van der Waals surface area contributed by atoms with Crippen LogP contribution in [0.15, 0.2) is 18.2 Å². The Bertz CT molecular complexity index is 781. The SMILES string of the molecule is CC(C)(O)C(C)(C)O[B]c1ccc2nc([C@H]3N[C@@H]4CC[C@H]3C4)[nH]c2c1. The molecule has 1 aliphatic heterocycles. The summed E-state index contributed by atoms with van der Waals surface area (Å²) in [6.07, 6.45) is 3.88. The molecule has 1 saturated carbocycles. The predicted octanol–water partition coefficient (Wildman–Crippen LogP) is 2.19. The van der Waals surface area contributed by atoms with Crippen LogP contribution in [0.5, 0.6) is 0 Å². The van der Waals surface area contributed by atoms with Crippen LogP contribution >= 0.6 is 0 Å². The highest BCUT2D eigenvalue weighted by Crippen LogP contribution is 2.42. The zero-order valence-electron chi connectivity index (χ0n) is 15.5. The number of nitrogens with zero attached hydrogens (tertiary/aromatic N) is 1. The van der Waals surface area contributed by atoms with Crippen molar-refractivity contribution in [3.63, 3.8) is 0 Å². The second-order valence-corrected chi connectivity index (χ2v) is 8.62. The number of aromatic amines is 1. The van der Waals surface area contributed by atoms with Crippen molar-refractivity contribution in [3.8, 4) is 0 Å². The van der Waals surface area contributed by atoms with Gasteiger partial charge in [-0.3, -0.25) is 0 Å². The van der Waals surface area contributed by atoms with Crippen LogP contribution in [0.25, 0.3) is 11.0 Å². The molecular weight excluding hydrogens is 313 g/mol. The van der Waals surface area contributed by atoms with E-state index in [0.29, 0.717) is 18.0 Å². The van der Waals surface area contributed by atoms with Crippen molar-refractivity contribution in [2.45, 2.75) is 70.2 Å². The highest BCUT2D eigenvalue weighted by molar-refractivity contribution is 6.47. The Hall–Kier alpha value is -1.37. The smallest absolute Gasteiger partial charge is 0.330 e. The molecule has 3 N–H and O–H groups in total. The van der Waals surface area contributed by atoms with Gasteiger partial charge >= 0.3 is 7.48 Å². The van der Waals surface area contributed by atoms with E-state index in [2.05, 4.69) is 16.4 Å². The van der Waals surface area contributed by atoms with Crippen LogP contribution in [-0.4, -0.2) is 39.8 Å². The molecule has 5 nitrogen and oxygen atoms in total. The maximum atomic E-state index is 10.2. The molecule has 25 heavy (non-hydrogen) atoms. The van der Waals surface area contributed by atoms with Gasteiger partial charge in [-0.1, -0.05) is 11.5 Å². The molecule has 1 aromatic carbocycles. The van der Waals surface area contributed by atoms with E-state index < -0.39 is 11.2 Å². The molecule has 1 aromatic heterocycles. The molecule has 2 fully saturated rings. The lowest BCUT2D eigenvalue weighted by atomic mass is 9.82. The number of fused-ring (bicyclic) bond motifs is 3. The fourth-order valence-corrected chi connectivity index (χ4v) is 3.79. The second kappa shape index (κ2) is 5.83. The summed E-state index contributed by atoms with van der Waals surface area (Å²) in [5.74, 6) is 1.77. The van der Waals surface area contributed by atoms with Crippen molar-refractivity contribution in [2.24, 2.45) is 5.92 Å². The summed E-state index contributed by atoms with van der Waals surface area (Å²) in [6, 6.07) is 7.11. The van der Waals surface area contributed by atoms with Gasteiger partial charge in [-0.15, -0.1) is 0 Å². The number of aromatic nitrogens is 2. The van der Waals surface area contributed by atoms with Gasteiger partial charge in [0.25, 0.3) is 0 Å². The average Bonchev–Trinajstić information content (AvgIpc) is 3.25. The van der Waals surface area contributed by atoms with Crippen molar-refractivity contribution in [3.05, 3.63) is 24.0 Å². The summed E-state index contributed by atoms with van der Waals surface area (Å²) < 4.78 is 5.85. The summed E-state index contributed by atoms with van der Waals surface area (Å²) in [7, 11) is 1.72. The molecule has 2 aliphatic rings. The first-order valence-electron chi connectivity index (χ1n) is 9.22. The fourth-order valence-electron chi connectivity index (χ4n) is 3.79. The number of rotatable bonds is 5. The summed E-state index contributed by atoms with van der Waals surface area (Å²) in [5, 5.41) is 13.9. The minimum absolute atomic E-state index is 0.365.